The van der Waals surface area contributed by atoms with Crippen molar-refractivity contribution < 1.29 is 4.39 Å². The van der Waals surface area contributed by atoms with Crippen LogP contribution < -0.4 is 5.73 Å². The van der Waals surface area contributed by atoms with E-state index in [2.05, 4.69) is 13.8 Å². The summed E-state index contributed by atoms with van der Waals surface area (Å²) in [6.07, 6.45) is 3.00. The predicted molar refractivity (Wildman–Crippen MR) is 66.7 cm³/mol. The van der Waals surface area contributed by atoms with Crippen molar-refractivity contribution >= 4 is 0 Å². The van der Waals surface area contributed by atoms with Crippen molar-refractivity contribution in [2.45, 2.75) is 33.1 Å². The third-order valence-corrected chi connectivity index (χ3v) is 3.46. The van der Waals surface area contributed by atoms with Gasteiger partial charge in [0.05, 0.1) is 0 Å². The molecule has 0 saturated heterocycles. The van der Waals surface area contributed by atoms with Gasteiger partial charge in [-0.1, -0.05) is 44.9 Å². The van der Waals surface area contributed by atoms with Gasteiger partial charge in [0.25, 0.3) is 0 Å². The Morgan fingerprint density at radius 2 is 1.75 bits per heavy atom. The van der Waals surface area contributed by atoms with Gasteiger partial charge in [0, 0.05) is 0 Å². The molecule has 0 fully saturated rings. The number of hydrogen-bond acceptors (Lipinski definition) is 1. The highest BCUT2D eigenvalue weighted by atomic mass is 19.1. The summed E-state index contributed by atoms with van der Waals surface area (Å²) >= 11 is 0. The van der Waals surface area contributed by atoms with Crippen molar-refractivity contribution in [1.82, 2.24) is 0 Å². The molecule has 0 amide bonds. The summed E-state index contributed by atoms with van der Waals surface area (Å²) in [5.74, 6) is 0.892. The van der Waals surface area contributed by atoms with Gasteiger partial charge in [-0.05, 0) is 36.4 Å². The topological polar surface area (TPSA) is 26.0 Å². The molecular formula is C14H22FN. The van der Waals surface area contributed by atoms with E-state index in [-0.39, 0.29) is 5.82 Å². The lowest BCUT2D eigenvalue weighted by atomic mass is 9.83. The first-order chi connectivity index (χ1) is 7.72. The lowest BCUT2D eigenvalue weighted by molar-refractivity contribution is 0.315. The molecule has 1 nitrogen and oxygen atoms in total. The van der Waals surface area contributed by atoms with E-state index in [1.165, 1.54) is 6.07 Å². The first-order valence-corrected chi connectivity index (χ1v) is 6.16. The van der Waals surface area contributed by atoms with Crippen LogP contribution in [0.3, 0.4) is 0 Å². The van der Waals surface area contributed by atoms with Gasteiger partial charge in [-0.3, -0.25) is 0 Å². The van der Waals surface area contributed by atoms with Crippen molar-refractivity contribution in [1.29, 1.82) is 0 Å². The van der Waals surface area contributed by atoms with Crippen LogP contribution in [0.15, 0.2) is 24.3 Å². The fourth-order valence-corrected chi connectivity index (χ4v) is 2.34. The average Bonchev–Trinajstić information content (AvgIpc) is 2.31. The summed E-state index contributed by atoms with van der Waals surface area (Å²) in [7, 11) is 0. The summed E-state index contributed by atoms with van der Waals surface area (Å²) in [5.41, 5.74) is 6.60. The molecule has 0 saturated carbocycles. The van der Waals surface area contributed by atoms with Crippen LogP contribution in [0, 0.1) is 17.7 Å². The van der Waals surface area contributed by atoms with Crippen LogP contribution in [0.5, 0.6) is 0 Å². The van der Waals surface area contributed by atoms with Gasteiger partial charge >= 0.3 is 0 Å². The van der Waals surface area contributed by atoms with Crippen molar-refractivity contribution in [2.24, 2.45) is 17.6 Å². The Hall–Kier alpha value is -0.890. The van der Waals surface area contributed by atoms with Crippen molar-refractivity contribution in [2.75, 3.05) is 6.54 Å². The van der Waals surface area contributed by atoms with Crippen LogP contribution in [-0.4, -0.2) is 6.54 Å². The molecule has 0 heterocycles. The van der Waals surface area contributed by atoms with Crippen LogP contribution in [0.25, 0.3) is 0 Å². The zero-order valence-electron chi connectivity index (χ0n) is 10.2. The average molecular weight is 223 g/mol. The van der Waals surface area contributed by atoms with Crippen molar-refractivity contribution in [3.05, 3.63) is 35.6 Å². The van der Waals surface area contributed by atoms with Crippen LogP contribution >= 0.6 is 0 Å². The lowest BCUT2D eigenvalue weighted by Crippen LogP contribution is -2.25. The minimum atomic E-state index is -0.105. The molecule has 1 aromatic rings. The zero-order valence-corrected chi connectivity index (χ0v) is 10.2. The molecule has 1 atom stereocenters. The van der Waals surface area contributed by atoms with Gasteiger partial charge < -0.3 is 5.73 Å². The molecule has 0 bridgehead atoms. The molecule has 90 valence electrons. The highest BCUT2D eigenvalue weighted by molar-refractivity contribution is 5.18. The number of benzene rings is 1. The lowest BCUT2D eigenvalue weighted by Gasteiger charge is -2.24. The maximum Gasteiger partial charge on any atom is 0.126 e. The highest BCUT2D eigenvalue weighted by Gasteiger charge is 2.18. The molecule has 1 unspecified atom stereocenters. The Balaban J connectivity index is 2.73. The van der Waals surface area contributed by atoms with Crippen molar-refractivity contribution in [3.8, 4) is 0 Å². The van der Waals surface area contributed by atoms with Gasteiger partial charge in [0.1, 0.15) is 5.82 Å². The molecule has 0 aliphatic carbocycles. The third kappa shape index (κ3) is 3.31. The first kappa shape index (κ1) is 13.2. The van der Waals surface area contributed by atoms with E-state index in [0.29, 0.717) is 18.4 Å². The molecule has 0 spiro atoms. The van der Waals surface area contributed by atoms with Gasteiger partial charge in [0.2, 0.25) is 0 Å². The number of hydrogen-bond donors (Lipinski definition) is 1. The van der Waals surface area contributed by atoms with Crippen molar-refractivity contribution in [3.63, 3.8) is 0 Å². The van der Waals surface area contributed by atoms with E-state index in [9.17, 15) is 4.39 Å². The van der Waals surface area contributed by atoms with Gasteiger partial charge in [-0.15, -0.1) is 0 Å². The SMILES string of the molecule is CCC(CC)C(CN)Cc1ccccc1F. The minimum absolute atomic E-state index is 0.105. The molecule has 2 heteroatoms. The van der Waals surface area contributed by atoms with Gasteiger partial charge in [0.15, 0.2) is 0 Å². The zero-order chi connectivity index (χ0) is 12.0. The maximum absolute atomic E-state index is 13.5. The van der Waals surface area contributed by atoms with Crippen LogP contribution in [0.1, 0.15) is 32.3 Å². The molecule has 0 radical (unpaired) electrons. The Labute approximate surface area is 97.9 Å². The Kier molecular flexibility index (Phi) is 5.47. The van der Waals surface area contributed by atoms with Gasteiger partial charge in [-0.25, -0.2) is 4.39 Å². The van der Waals surface area contributed by atoms with E-state index in [4.69, 9.17) is 5.73 Å². The summed E-state index contributed by atoms with van der Waals surface area (Å²) in [4.78, 5) is 0. The maximum atomic E-state index is 13.5. The van der Waals surface area contributed by atoms with E-state index < -0.39 is 0 Å². The Bertz CT molecular complexity index is 307. The smallest absolute Gasteiger partial charge is 0.126 e. The largest absolute Gasteiger partial charge is 0.330 e. The number of rotatable bonds is 6. The van der Waals surface area contributed by atoms with Crippen LogP contribution in [-0.2, 0) is 6.42 Å². The second kappa shape index (κ2) is 6.64. The first-order valence-electron chi connectivity index (χ1n) is 6.16. The molecule has 0 aliphatic heterocycles. The van der Waals surface area contributed by atoms with E-state index in [1.54, 1.807) is 6.07 Å². The number of nitrogens with two attached hydrogens (primary N) is 1. The summed E-state index contributed by atoms with van der Waals surface area (Å²) in [6, 6.07) is 7.00. The standard InChI is InChI=1S/C14H22FN/c1-3-11(4-2)13(10-16)9-12-7-5-6-8-14(12)15/h5-8,11,13H,3-4,9-10,16H2,1-2H3. The Morgan fingerprint density at radius 1 is 1.12 bits per heavy atom. The van der Waals surface area contributed by atoms with E-state index in [1.807, 2.05) is 12.1 Å². The number of halogens is 1. The van der Waals surface area contributed by atoms with Crippen LogP contribution in [0.4, 0.5) is 4.39 Å². The fourth-order valence-electron chi connectivity index (χ4n) is 2.34. The molecule has 1 rings (SSSR count). The predicted octanol–water partition coefficient (Wildman–Crippen LogP) is 3.38. The van der Waals surface area contributed by atoms with Crippen LogP contribution in [0.2, 0.25) is 0 Å². The Morgan fingerprint density at radius 3 is 2.25 bits per heavy atom. The fraction of sp³-hybridized carbons (Fsp3) is 0.571. The molecule has 16 heavy (non-hydrogen) atoms. The molecule has 0 aromatic heterocycles. The molecule has 2 N–H and O–H groups in total. The third-order valence-electron chi connectivity index (χ3n) is 3.46. The monoisotopic (exact) mass is 223 g/mol. The van der Waals surface area contributed by atoms with E-state index in [0.717, 1.165) is 24.8 Å². The molecular weight excluding hydrogens is 201 g/mol. The summed E-state index contributed by atoms with van der Waals surface area (Å²) < 4.78 is 13.5. The van der Waals surface area contributed by atoms with Gasteiger partial charge in [-0.2, -0.15) is 0 Å². The molecule has 0 aliphatic rings. The second-order valence-corrected chi connectivity index (χ2v) is 4.37. The van der Waals surface area contributed by atoms with E-state index >= 15 is 0 Å². The molecule has 1 aromatic carbocycles. The quantitative estimate of drug-likeness (QED) is 0.786. The minimum Gasteiger partial charge on any atom is -0.330 e. The highest BCUT2D eigenvalue weighted by Crippen LogP contribution is 2.23. The summed E-state index contributed by atoms with van der Waals surface area (Å²) in [5, 5.41) is 0. The second-order valence-electron chi connectivity index (χ2n) is 4.37. The summed E-state index contributed by atoms with van der Waals surface area (Å²) in [6.45, 7) is 5.00. The normalized spacial score (nSPS) is 13.1.